The van der Waals surface area contributed by atoms with Gasteiger partial charge in [-0.3, -0.25) is 4.79 Å². The lowest BCUT2D eigenvalue weighted by molar-refractivity contribution is 0.0945. The fraction of sp³-hybridized carbons (Fsp3) is 0.250. The number of amides is 1. The summed E-state index contributed by atoms with van der Waals surface area (Å²) in [6.45, 7) is 6.42. The van der Waals surface area contributed by atoms with Gasteiger partial charge < -0.3 is 14.5 Å². The molecule has 0 unspecified atom stereocenters. The van der Waals surface area contributed by atoms with E-state index in [0.717, 1.165) is 22.5 Å². The number of carbonyl (C=O) groups excluding carboxylic acids is 1. The highest BCUT2D eigenvalue weighted by Crippen LogP contribution is 2.21. The predicted octanol–water partition coefficient (Wildman–Crippen LogP) is 4.17. The molecule has 1 amide bonds. The lowest BCUT2D eigenvalue weighted by Crippen LogP contribution is -2.28. The third kappa shape index (κ3) is 3.27. The topological polar surface area (TPSA) is 51.5 Å². The van der Waals surface area contributed by atoms with Gasteiger partial charge in [-0.2, -0.15) is 0 Å². The Kier molecular flexibility index (Phi) is 4.56. The van der Waals surface area contributed by atoms with E-state index in [9.17, 15) is 4.79 Å². The molecular formula is C20H21NO3. The van der Waals surface area contributed by atoms with Gasteiger partial charge in [-0.05, 0) is 43.7 Å². The van der Waals surface area contributed by atoms with Crippen molar-refractivity contribution < 1.29 is 13.9 Å². The summed E-state index contributed by atoms with van der Waals surface area (Å²) >= 11 is 0. The second-order valence-corrected chi connectivity index (χ2v) is 5.83. The minimum absolute atomic E-state index is 0.121. The fourth-order valence-corrected chi connectivity index (χ4v) is 2.81. The van der Waals surface area contributed by atoms with Crippen LogP contribution in [0.25, 0.3) is 10.8 Å². The number of hydrogen-bond acceptors (Lipinski definition) is 3. The lowest BCUT2D eigenvalue weighted by Gasteiger charge is -2.09. The molecule has 0 aliphatic rings. The summed E-state index contributed by atoms with van der Waals surface area (Å²) in [4.78, 5) is 12.3. The fourth-order valence-electron chi connectivity index (χ4n) is 2.81. The SMILES string of the molecule is Cc1oc(C)c(C(=O)NCCOc2ccc3ccccc3c2)c1C. The van der Waals surface area contributed by atoms with Crippen LogP contribution in [0.1, 0.15) is 27.4 Å². The number of rotatable bonds is 5. The number of benzene rings is 2. The van der Waals surface area contributed by atoms with E-state index >= 15 is 0 Å². The van der Waals surface area contributed by atoms with Gasteiger partial charge in [0.2, 0.25) is 0 Å². The zero-order chi connectivity index (χ0) is 17.1. The third-order valence-electron chi connectivity index (χ3n) is 4.17. The van der Waals surface area contributed by atoms with E-state index in [4.69, 9.17) is 9.15 Å². The van der Waals surface area contributed by atoms with E-state index in [-0.39, 0.29) is 5.91 Å². The van der Waals surface area contributed by atoms with Crippen LogP contribution in [-0.2, 0) is 0 Å². The van der Waals surface area contributed by atoms with E-state index < -0.39 is 0 Å². The van der Waals surface area contributed by atoms with E-state index in [1.54, 1.807) is 6.92 Å². The van der Waals surface area contributed by atoms with Gasteiger partial charge in [-0.1, -0.05) is 30.3 Å². The Morgan fingerprint density at radius 3 is 2.50 bits per heavy atom. The molecule has 1 N–H and O–H groups in total. The summed E-state index contributed by atoms with van der Waals surface area (Å²) in [6.07, 6.45) is 0. The summed E-state index contributed by atoms with van der Waals surface area (Å²) in [6, 6.07) is 14.1. The van der Waals surface area contributed by atoms with E-state index in [0.29, 0.717) is 24.5 Å². The molecule has 4 heteroatoms. The van der Waals surface area contributed by atoms with Crippen LogP contribution < -0.4 is 10.1 Å². The van der Waals surface area contributed by atoms with Gasteiger partial charge in [-0.15, -0.1) is 0 Å². The van der Waals surface area contributed by atoms with Crippen molar-refractivity contribution in [3.05, 3.63) is 65.1 Å². The molecule has 2 aromatic carbocycles. The molecule has 0 atom stereocenters. The Bertz CT molecular complexity index is 880. The second kappa shape index (κ2) is 6.79. The molecular weight excluding hydrogens is 302 g/mol. The van der Waals surface area contributed by atoms with Crippen LogP contribution in [-0.4, -0.2) is 19.1 Å². The first kappa shape index (κ1) is 16.1. The van der Waals surface area contributed by atoms with E-state index in [1.165, 1.54) is 5.39 Å². The molecule has 0 saturated carbocycles. The maximum atomic E-state index is 12.3. The van der Waals surface area contributed by atoms with Crippen LogP contribution in [0.3, 0.4) is 0 Å². The average molecular weight is 323 g/mol. The summed E-state index contributed by atoms with van der Waals surface area (Å²) in [5.74, 6) is 2.11. The Hall–Kier alpha value is -2.75. The van der Waals surface area contributed by atoms with Gasteiger partial charge in [0.25, 0.3) is 5.91 Å². The Balaban J connectivity index is 1.55. The highest BCUT2D eigenvalue weighted by molar-refractivity contribution is 5.96. The molecule has 0 aliphatic carbocycles. The number of nitrogens with one attached hydrogen (secondary N) is 1. The monoisotopic (exact) mass is 323 g/mol. The van der Waals surface area contributed by atoms with E-state index in [2.05, 4.69) is 17.4 Å². The third-order valence-corrected chi connectivity index (χ3v) is 4.17. The molecule has 1 aromatic heterocycles. The number of fused-ring (bicyclic) bond motifs is 1. The molecule has 0 bridgehead atoms. The standard InChI is InChI=1S/C20H21NO3/c1-13-14(2)24-15(3)19(13)20(22)21-10-11-23-18-9-8-16-6-4-5-7-17(16)12-18/h4-9,12H,10-11H2,1-3H3,(H,21,22). The van der Waals surface area contributed by atoms with Crippen molar-refractivity contribution in [2.75, 3.05) is 13.2 Å². The van der Waals surface area contributed by atoms with Crippen molar-refractivity contribution in [3.8, 4) is 5.75 Å². The highest BCUT2D eigenvalue weighted by Gasteiger charge is 2.17. The van der Waals surface area contributed by atoms with Gasteiger partial charge in [0.05, 0.1) is 12.1 Å². The molecule has 0 spiro atoms. The lowest BCUT2D eigenvalue weighted by atomic mass is 10.1. The van der Waals surface area contributed by atoms with Crippen LogP contribution in [0.2, 0.25) is 0 Å². The van der Waals surface area contributed by atoms with Crippen LogP contribution in [0.5, 0.6) is 5.75 Å². The van der Waals surface area contributed by atoms with Crippen LogP contribution in [0.15, 0.2) is 46.9 Å². The maximum Gasteiger partial charge on any atom is 0.255 e. The average Bonchev–Trinajstić information content (AvgIpc) is 2.83. The molecule has 3 aromatic rings. The number of hydrogen-bond donors (Lipinski definition) is 1. The largest absolute Gasteiger partial charge is 0.492 e. The molecule has 124 valence electrons. The van der Waals surface area contributed by atoms with Gasteiger partial charge in [-0.25, -0.2) is 0 Å². The predicted molar refractivity (Wildman–Crippen MR) is 94.7 cm³/mol. The first-order valence-corrected chi connectivity index (χ1v) is 8.02. The molecule has 0 saturated heterocycles. The second-order valence-electron chi connectivity index (χ2n) is 5.83. The zero-order valence-electron chi connectivity index (χ0n) is 14.2. The molecule has 0 fully saturated rings. The summed E-state index contributed by atoms with van der Waals surface area (Å²) in [7, 11) is 0. The summed E-state index contributed by atoms with van der Waals surface area (Å²) in [5, 5.41) is 5.20. The summed E-state index contributed by atoms with van der Waals surface area (Å²) < 4.78 is 11.2. The van der Waals surface area contributed by atoms with Gasteiger partial charge in [0.1, 0.15) is 23.9 Å². The van der Waals surface area contributed by atoms with Crippen molar-refractivity contribution in [2.45, 2.75) is 20.8 Å². The number of carbonyl (C=O) groups is 1. The highest BCUT2D eigenvalue weighted by atomic mass is 16.5. The van der Waals surface area contributed by atoms with Crippen molar-refractivity contribution in [1.82, 2.24) is 5.32 Å². The zero-order valence-corrected chi connectivity index (χ0v) is 14.2. The molecule has 0 radical (unpaired) electrons. The Labute approximate surface area is 141 Å². The molecule has 1 heterocycles. The van der Waals surface area contributed by atoms with Crippen LogP contribution >= 0.6 is 0 Å². The number of aryl methyl sites for hydroxylation is 2. The molecule has 4 nitrogen and oxygen atoms in total. The number of furan rings is 1. The van der Waals surface area contributed by atoms with Crippen LogP contribution in [0.4, 0.5) is 0 Å². The Morgan fingerprint density at radius 2 is 1.79 bits per heavy atom. The van der Waals surface area contributed by atoms with Crippen molar-refractivity contribution >= 4 is 16.7 Å². The minimum atomic E-state index is -0.121. The molecule has 0 aliphatic heterocycles. The summed E-state index contributed by atoms with van der Waals surface area (Å²) in [5.41, 5.74) is 1.51. The van der Waals surface area contributed by atoms with E-state index in [1.807, 2.05) is 44.2 Å². The van der Waals surface area contributed by atoms with Gasteiger partial charge in [0, 0.05) is 5.56 Å². The first-order valence-electron chi connectivity index (χ1n) is 8.02. The smallest absolute Gasteiger partial charge is 0.255 e. The van der Waals surface area contributed by atoms with Crippen molar-refractivity contribution in [2.24, 2.45) is 0 Å². The minimum Gasteiger partial charge on any atom is -0.492 e. The van der Waals surface area contributed by atoms with Gasteiger partial charge in [0.15, 0.2) is 0 Å². The first-order chi connectivity index (χ1) is 11.6. The normalized spacial score (nSPS) is 10.8. The van der Waals surface area contributed by atoms with Crippen LogP contribution in [0, 0.1) is 20.8 Å². The number of ether oxygens (including phenoxy) is 1. The Morgan fingerprint density at radius 1 is 1.04 bits per heavy atom. The molecule has 24 heavy (non-hydrogen) atoms. The maximum absolute atomic E-state index is 12.3. The van der Waals surface area contributed by atoms with Crippen molar-refractivity contribution in [3.63, 3.8) is 0 Å². The quantitative estimate of drug-likeness (QED) is 0.717. The van der Waals surface area contributed by atoms with Crippen molar-refractivity contribution in [1.29, 1.82) is 0 Å². The van der Waals surface area contributed by atoms with Gasteiger partial charge >= 0.3 is 0 Å². The molecule has 3 rings (SSSR count).